The third-order valence-corrected chi connectivity index (χ3v) is 6.97. The lowest BCUT2D eigenvalue weighted by Gasteiger charge is -2.39. The molecule has 2 unspecified atom stereocenters. The standard InChI is InChI=1S/C16H16ClN3O3S/c17-10-2-4-11(5-3-10)24(22,23)8-9-1-6-13-12-7-18-20-15(12)16(21)14(9)19-13/h2-5,7,9,13-14,19H,1,6,8H2,(H,18,20)/t9-,13?,14?/m0/s1. The molecular weight excluding hydrogens is 350 g/mol. The van der Waals surface area contributed by atoms with Crippen LogP contribution >= 0.6 is 11.6 Å². The van der Waals surface area contributed by atoms with E-state index in [-0.39, 0.29) is 28.4 Å². The summed E-state index contributed by atoms with van der Waals surface area (Å²) in [6.07, 6.45) is 3.15. The molecule has 0 spiro atoms. The highest BCUT2D eigenvalue weighted by Crippen LogP contribution is 2.37. The number of rotatable bonds is 3. The molecule has 126 valence electrons. The Morgan fingerprint density at radius 2 is 1.96 bits per heavy atom. The molecule has 8 heteroatoms. The van der Waals surface area contributed by atoms with Crippen molar-refractivity contribution in [1.82, 2.24) is 15.5 Å². The number of H-pyrrole nitrogens is 1. The Morgan fingerprint density at radius 1 is 1.21 bits per heavy atom. The molecule has 1 fully saturated rings. The van der Waals surface area contributed by atoms with E-state index in [1.165, 1.54) is 12.1 Å². The zero-order valence-electron chi connectivity index (χ0n) is 12.7. The fraction of sp³-hybridized carbons (Fsp3) is 0.375. The molecule has 0 amide bonds. The van der Waals surface area contributed by atoms with Crippen LogP contribution in [0.25, 0.3) is 0 Å². The number of ketones is 1. The van der Waals surface area contributed by atoms with Crippen molar-refractivity contribution in [3.8, 4) is 0 Å². The molecule has 0 aliphatic carbocycles. The molecule has 6 nitrogen and oxygen atoms in total. The highest BCUT2D eigenvalue weighted by molar-refractivity contribution is 7.91. The molecule has 3 atom stereocenters. The third-order valence-electron chi connectivity index (χ3n) is 4.86. The van der Waals surface area contributed by atoms with Crippen LogP contribution in [-0.2, 0) is 9.84 Å². The van der Waals surface area contributed by atoms with Gasteiger partial charge >= 0.3 is 0 Å². The van der Waals surface area contributed by atoms with E-state index in [9.17, 15) is 13.2 Å². The van der Waals surface area contributed by atoms with Crippen LogP contribution in [0.5, 0.6) is 0 Å². The van der Waals surface area contributed by atoms with Gasteiger partial charge in [0.15, 0.2) is 15.6 Å². The summed E-state index contributed by atoms with van der Waals surface area (Å²) >= 11 is 5.82. The molecule has 0 saturated carbocycles. The number of hydrogen-bond acceptors (Lipinski definition) is 5. The molecule has 1 saturated heterocycles. The first kappa shape index (κ1) is 15.8. The van der Waals surface area contributed by atoms with Crippen molar-refractivity contribution >= 4 is 27.2 Å². The van der Waals surface area contributed by atoms with Crippen molar-refractivity contribution in [2.24, 2.45) is 5.92 Å². The second-order valence-electron chi connectivity index (χ2n) is 6.33. The van der Waals surface area contributed by atoms with E-state index >= 15 is 0 Å². The molecular formula is C16H16ClN3O3S. The topological polar surface area (TPSA) is 91.9 Å². The van der Waals surface area contributed by atoms with Gasteiger partial charge in [0, 0.05) is 16.6 Å². The van der Waals surface area contributed by atoms with Crippen molar-refractivity contribution in [1.29, 1.82) is 0 Å². The summed E-state index contributed by atoms with van der Waals surface area (Å²) in [5.41, 5.74) is 1.40. The van der Waals surface area contributed by atoms with E-state index in [1.54, 1.807) is 18.3 Å². The van der Waals surface area contributed by atoms with Crippen LogP contribution in [-0.4, -0.2) is 36.2 Å². The Labute approximate surface area is 144 Å². The number of aromatic nitrogens is 2. The third kappa shape index (κ3) is 2.56. The van der Waals surface area contributed by atoms with Gasteiger partial charge in [0.05, 0.1) is 22.9 Å². The van der Waals surface area contributed by atoms with Gasteiger partial charge in [-0.25, -0.2) is 8.42 Å². The largest absolute Gasteiger partial charge is 0.300 e. The van der Waals surface area contributed by atoms with Crippen molar-refractivity contribution in [2.45, 2.75) is 29.8 Å². The summed E-state index contributed by atoms with van der Waals surface area (Å²) in [5, 5.41) is 10.5. The number of hydrogen-bond donors (Lipinski definition) is 2. The lowest BCUT2D eigenvalue weighted by molar-refractivity contribution is 0.0835. The SMILES string of the molecule is O=C1c2[nH]ncc2C2CC[C@@H](CS(=O)(=O)c3ccc(Cl)cc3)C1N2. The Balaban J connectivity index is 1.60. The fourth-order valence-corrected chi connectivity index (χ4v) is 5.42. The molecule has 2 N–H and O–H groups in total. The number of sulfone groups is 1. The zero-order valence-corrected chi connectivity index (χ0v) is 14.3. The lowest BCUT2D eigenvalue weighted by atomic mass is 9.79. The Hall–Kier alpha value is -1.70. The van der Waals surface area contributed by atoms with Gasteiger partial charge in [-0.1, -0.05) is 11.6 Å². The molecule has 1 aromatic heterocycles. The van der Waals surface area contributed by atoms with Gasteiger partial charge in [0.2, 0.25) is 0 Å². The molecule has 2 bridgehead atoms. The van der Waals surface area contributed by atoms with Crippen molar-refractivity contribution < 1.29 is 13.2 Å². The number of Topliss-reactive ketones (excluding diaryl/α,β-unsaturated/α-hetero) is 1. The summed E-state index contributed by atoms with van der Waals surface area (Å²) in [6.45, 7) is 0. The van der Waals surface area contributed by atoms with Gasteiger partial charge in [0.25, 0.3) is 0 Å². The van der Waals surface area contributed by atoms with Gasteiger partial charge in [-0.2, -0.15) is 5.10 Å². The van der Waals surface area contributed by atoms with Gasteiger partial charge in [-0.15, -0.1) is 0 Å². The van der Waals surface area contributed by atoms with Crippen molar-refractivity contribution in [3.05, 3.63) is 46.7 Å². The molecule has 2 aromatic rings. The van der Waals surface area contributed by atoms with E-state index in [2.05, 4.69) is 15.5 Å². The Kier molecular flexibility index (Phi) is 3.74. The predicted molar refractivity (Wildman–Crippen MR) is 88.8 cm³/mol. The summed E-state index contributed by atoms with van der Waals surface area (Å²) in [6, 6.07) is 5.71. The molecule has 2 aliphatic heterocycles. The van der Waals surface area contributed by atoms with Gasteiger partial charge in [0.1, 0.15) is 5.69 Å². The smallest absolute Gasteiger partial charge is 0.198 e. The van der Waals surface area contributed by atoms with Crippen LogP contribution in [0.15, 0.2) is 35.4 Å². The minimum atomic E-state index is -3.48. The molecule has 0 radical (unpaired) electrons. The van der Waals surface area contributed by atoms with Gasteiger partial charge < -0.3 is 0 Å². The number of fused-ring (bicyclic) bond motifs is 4. The van der Waals surface area contributed by atoms with Gasteiger partial charge in [-0.05, 0) is 43.0 Å². The van der Waals surface area contributed by atoms with E-state index in [4.69, 9.17) is 11.6 Å². The van der Waals surface area contributed by atoms with Gasteiger partial charge in [-0.3, -0.25) is 15.2 Å². The first-order chi connectivity index (χ1) is 11.5. The normalized spacial score (nSPS) is 26.2. The number of nitrogens with zero attached hydrogens (tertiary/aromatic N) is 1. The maximum absolute atomic E-state index is 12.7. The highest BCUT2D eigenvalue weighted by Gasteiger charge is 2.43. The average Bonchev–Trinajstić information content (AvgIpc) is 3.04. The maximum atomic E-state index is 12.7. The van der Waals surface area contributed by atoms with E-state index < -0.39 is 15.9 Å². The minimum absolute atomic E-state index is 0.0613. The highest BCUT2D eigenvalue weighted by atomic mass is 35.5. The van der Waals surface area contributed by atoms with E-state index in [0.717, 1.165) is 12.0 Å². The van der Waals surface area contributed by atoms with Crippen LogP contribution < -0.4 is 5.32 Å². The van der Waals surface area contributed by atoms with Crippen LogP contribution in [0, 0.1) is 5.92 Å². The summed E-state index contributed by atoms with van der Waals surface area (Å²) < 4.78 is 25.3. The van der Waals surface area contributed by atoms with Crippen LogP contribution in [0.1, 0.15) is 34.9 Å². The Bertz CT molecular complexity index is 892. The number of carbonyl (C=O) groups is 1. The molecule has 4 rings (SSSR count). The number of benzene rings is 1. The number of halogens is 1. The van der Waals surface area contributed by atoms with Crippen LogP contribution in [0.3, 0.4) is 0 Å². The quantitative estimate of drug-likeness (QED) is 0.869. The van der Waals surface area contributed by atoms with E-state index in [0.29, 0.717) is 17.1 Å². The van der Waals surface area contributed by atoms with Crippen LogP contribution in [0.2, 0.25) is 5.02 Å². The molecule has 3 heterocycles. The zero-order chi connectivity index (χ0) is 16.9. The second kappa shape index (κ2) is 5.68. The minimum Gasteiger partial charge on any atom is -0.300 e. The van der Waals surface area contributed by atoms with Crippen molar-refractivity contribution in [3.63, 3.8) is 0 Å². The van der Waals surface area contributed by atoms with Crippen molar-refractivity contribution in [2.75, 3.05) is 5.75 Å². The maximum Gasteiger partial charge on any atom is 0.198 e. The first-order valence-corrected chi connectivity index (χ1v) is 9.80. The summed E-state index contributed by atoms with van der Waals surface area (Å²) in [4.78, 5) is 12.9. The molecule has 1 aromatic carbocycles. The Morgan fingerprint density at radius 3 is 2.71 bits per heavy atom. The molecule has 2 aliphatic rings. The number of aromatic amines is 1. The first-order valence-electron chi connectivity index (χ1n) is 7.77. The number of carbonyl (C=O) groups excluding carboxylic acids is 1. The monoisotopic (exact) mass is 365 g/mol. The summed E-state index contributed by atoms with van der Waals surface area (Å²) in [7, 11) is -3.48. The predicted octanol–water partition coefficient (Wildman–Crippen LogP) is 2.14. The fourth-order valence-electron chi connectivity index (χ4n) is 3.63. The second-order valence-corrected chi connectivity index (χ2v) is 8.80. The van der Waals surface area contributed by atoms with Crippen LogP contribution in [0.4, 0.5) is 0 Å². The van der Waals surface area contributed by atoms with E-state index in [1.807, 2.05) is 0 Å². The molecule has 24 heavy (non-hydrogen) atoms. The lowest BCUT2D eigenvalue weighted by Crippen LogP contribution is -2.53. The average molecular weight is 366 g/mol. The summed E-state index contributed by atoms with van der Waals surface area (Å²) in [5.74, 6) is -0.422. The number of nitrogens with one attached hydrogen (secondary N) is 2. The number of piperidine rings is 1.